The van der Waals surface area contributed by atoms with Crippen molar-refractivity contribution in [3.63, 3.8) is 0 Å². The van der Waals surface area contributed by atoms with Crippen LogP contribution in [0.3, 0.4) is 0 Å². The molecular formula is C27H30FN3O5S. The quantitative estimate of drug-likeness (QED) is 0.436. The predicted molar refractivity (Wildman–Crippen MR) is 139 cm³/mol. The molecule has 2 amide bonds. The molecule has 3 aromatic carbocycles. The molecule has 0 unspecified atom stereocenters. The zero-order valence-electron chi connectivity index (χ0n) is 21.1. The molecule has 1 atom stereocenters. The van der Waals surface area contributed by atoms with Gasteiger partial charge in [-0.1, -0.05) is 29.8 Å². The van der Waals surface area contributed by atoms with E-state index in [9.17, 15) is 22.4 Å². The van der Waals surface area contributed by atoms with E-state index in [0.29, 0.717) is 11.3 Å². The van der Waals surface area contributed by atoms with Crippen molar-refractivity contribution in [3.8, 4) is 5.75 Å². The first-order valence-electron chi connectivity index (χ1n) is 11.6. The maximum atomic E-state index is 13.7. The van der Waals surface area contributed by atoms with Gasteiger partial charge in [0.2, 0.25) is 11.8 Å². The average molecular weight is 528 g/mol. The third kappa shape index (κ3) is 6.65. The van der Waals surface area contributed by atoms with Gasteiger partial charge in [-0.25, -0.2) is 12.8 Å². The monoisotopic (exact) mass is 527 g/mol. The van der Waals surface area contributed by atoms with Crippen molar-refractivity contribution in [3.05, 3.63) is 89.7 Å². The second-order valence-corrected chi connectivity index (χ2v) is 10.3. The summed E-state index contributed by atoms with van der Waals surface area (Å²) < 4.78 is 47.0. The summed E-state index contributed by atoms with van der Waals surface area (Å²) in [6.45, 7) is 2.81. The Morgan fingerprint density at radius 1 is 0.973 bits per heavy atom. The number of aryl methyl sites for hydroxylation is 1. The van der Waals surface area contributed by atoms with Gasteiger partial charge in [0.1, 0.15) is 24.2 Å². The Morgan fingerprint density at radius 3 is 2.11 bits per heavy atom. The molecule has 8 nitrogen and oxygen atoms in total. The van der Waals surface area contributed by atoms with Crippen molar-refractivity contribution >= 4 is 27.5 Å². The van der Waals surface area contributed by atoms with E-state index in [1.165, 1.54) is 55.5 Å². The molecular weight excluding hydrogens is 497 g/mol. The lowest BCUT2D eigenvalue weighted by Gasteiger charge is -2.31. The van der Waals surface area contributed by atoms with Gasteiger partial charge in [-0.05, 0) is 67.9 Å². The number of likely N-dealkylation sites (N-methyl/N-ethyl adjacent to an activating group) is 1. The summed E-state index contributed by atoms with van der Waals surface area (Å²) in [4.78, 5) is 27.4. The van der Waals surface area contributed by atoms with Gasteiger partial charge in [-0.3, -0.25) is 13.9 Å². The first-order valence-corrected chi connectivity index (χ1v) is 13.0. The van der Waals surface area contributed by atoms with Crippen LogP contribution in [0.2, 0.25) is 0 Å². The highest BCUT2D eigenvalue weighted by molar-refractivity contribution is 7.92. The Hall–Kier alpha value is -3.92. The molecule has 0 fully saturated rings. The number of amides is 2. The molecule has 0 saturated carbocycles. The number of carbonyl (C=O) groups is 2. The van der Waals surface area contributed by atoms with E-state index in [2.05, 4.69) is 5.32 Å². The number of rotatable bonds is 10. The molecule has 3 aromatic rings. The zero-order valence-corrected chi connectivity index (χ0v) is 22.0. The molecule has 0 aromatic heterocycles. The smallest absolute Gasteiger partial charge is 0.264 e. The Bertz CT molecular complexity index is 1330. The van der Waals surface area contributed by atoms with Gasteiger partial charge < -0.3 is 15.0 Å². The SMILES string of the molecule is CNC(=O)[C@@H](C)N(Cc1ccc(F)cc1)C(=O)CN(c1ccc(OC)cc1)S(=O)(=O)c1ccc(C)cc1. The molecule has 0 spiro atoms. The van der Waals surface area contributed by atoms with Crippen molar-refractivity contribution in [2.45, 2.75) is 31.3 Å². The maximum Gasteiger partial charge on any atom is 0.264 e. The van der Waals surface area contributed by atoms with Crippen molar-refractivity contribution in [1.29, 1.82) is 0 Å². The first kappa shape index (κ1) is 27.7. The van der Waals surface area contributed by atoms with Crippen molar-refractivity contribution in [2.24, 2.45) is 0 Å². The summed E-state index contributed by atoms with van der Waals surface area (Å²) in [5, 5.41) is 2.52. The van der Waals surface area contributed by atoms with E-state index >= 15 is 0 Å². The Labute approximate surface area is 216 Å². The Morgan fingerprint density at radius 2 is 1.57 bits per heavy atom. The van der Waals surface area contributed by atoms with E-state index in [1.807, 2.05) is 6.92 Å². The number of hydrogen-bond donors (Lipinski definition) is 1. The summed E-state index contributed by atoms with van der Waals surface area (Å²) in [7, 11) is -1.21. The highest BCUT2D eigenvalue weighted by atomic mass is 32.2. The summed E-state index contributed by atoms with van der Waals surface area (Å²) in [5.41, 5.74) is 1.72. The van der Waals surface area contributed by atoms with Gasteiger partial charge in [-0.2, -0.15) is 0 Å². The standard InChI is InChI=1S/C27H30FN3O5S/c1-19-5-15-25(16-6-19)37(34,35)31(23-11-13-24(36-4)14-12-23)18-26(32)30(20(2)27(33)29-3)17-21-7-9-22(28)10-8-21/h5-16,20H,17-18H2,1-4H3,(H,29,33)/t20-/m1/s1. The fourth-order valence-corrected chi connectivity index (χ4v) is 5.11. The number of nitrogens with zero attached hydrogens (tertiary/aromatic N) is 2. The van der Waals surface area contributed by atoms with E-state index in [1.54, 1.807) is 43.3 Å². The molecule has 37 heavy (non-hydrogen) atoms. The highest BCUT2D eigenvalue weighted by Gasteiger charge is 2.32. The Balaban J connectivity index is 2.02. The molecule has 3 rings (SSSR count). The fraction of sp³-hybridized carbons (Fsp3) is 0.259. The minimum absolute atomic E-state index is 0.0191. The van der Waals surface area contributed by atoms with Gasteiger partial charge in [0.05, 0.1) is 17.7 Å². The second-order valence-electron chi connectivity index (χ2n) is 8.46. The van der Waals surface area contributed by atoms with E-state index < -0.39 is 40.2 Å². The number of methoxy groups -OCH3 is 1. The number of halogens is 1. The van der Waals surface area contributed by atoms with Crippen LogP contribution >= 0.6 is 0 Å². The van der Waals surface area contributed by atoms with Crippen LogP contribution in [0.1, 0.15) is 18.1 Å². The largest absolute Gasteiger partial charge is 0.497 e. The van der Waals surface area contributed by atoms with Crippen LogP contribution in [-0.4, -0.2) is 51.9 Å². The summed E-state index contributed by atoms with van der Waals surface area (Å²) in [6.07, 6.45) is 0. The maximum absolute atomic E-state index is 13.7. The normalized spacial score (nSPS) is 11.9. The van der Waals surface area contributed by atoms with Crippen LogP contribution in [0, 0.1) is 12.7 Å². The fourth-order valence-electron chi connectivity index (χ4n) is 3.69. The lowest BCUT2D eigenvalue weighted by atomic mass is 10.1. The Kier molecular flexibility index (Phi) is 8.88. The second kappa shape index (κ2) is 11.9. The molecule has 0 radical (unpaired) electrons. The molecule has 10 heteroatoms. The van der Waals surface area contributed by atoms with Crippen LogP contribution in [0.4, 0.5) is 10.1 Å². The summed E-state index contributed by atoms with van der Waals surface area (Å²) >= 11 is 0. The third-order valence-electron chi connectivity index (χ3n) is 5.93. The molecule has 0 aliphatic rings. The number of ether oxygens (including phenoxy) is 1. The molecule has 0 bridgehead atoms. The molecule has 0 heterocycles. The number of benzene rings is 3. The average Bonchev–Trinajstić information content (AvgIpc) is 2.90. The van der Waals surface area contributed by atoms with Gasteiger partial charge in [0, 0.05) is 13.6 Å². The van der Waals surface area contributed by atoms with Crippen molar-refractivity contribution in [1.82, 2.24) is 10.2 Å². The van der Waals surface area contributed by atoms with Crippen LogP contribution in [0.25, 0.3) is 0 Å². The number of carbonyl (C=O) groups excluding carboxylic acids is 2. The lowest BCUT2D eigenvalue weighted by molar-refractivity contribution is -0.139. The van der Waals surface area contributed by atoms with Gasteiger partial charge in [0.25, 0.3) is 10.0 Å². The number of sulfonamides is 1. The minimum Gasteiger partial charge on any atom is -0.497 e. The van der Waals surface area contributed by atoms with Crippen LogP contribution in [0.5, 0.6) is 5.75 Å². The van der Waals surface area contributed by atoms with Gasteiger partial charge in [0.15, 0.2) is 0 Å². The number of nitrogens with one attached hydrogen (secondary N) is 1. The van der Waals surface area contributed by atoms with Gasteiger partial charge >= 0.3 is 0 Å². The van der Waals surface area contributed by atoms with Crippen molar-refractivity contribution in [2.75, 3.05) is 25.0 Å². The topological polar surface area (TPSA) is 96.0 Å². The molecule has 0 aliphatic carbocycles. The zero-order chi connectivity index (χ0) is 27.2. The van der Waals surface area contributed by atoms with E-state index in [4.69, 9.17) is 4.74 Å². The van der Waals surface area contributed by atoms with E-state index in [0.717, 1.165) is 9.87 Å². The van der Waals surface area contributed by atoms with Gasteiger partial charge in [-0.15, -0.1) is 0 Å². The molecule has 0 saturated heterocycles. The third-order valence-corrected chi connectivity index (χ3v) is 7.72. The molecule has 0 aliphatic heterocycles. The van der Waals surface area contributed by atoms with Crippen LogP contribution in [-0.2, 0) is 26.2 Å². The minimum atomic E-state index is -4.15. The predicted octanol–water partition coefficient (Wildman–Crippen LogP) is 3.50. The van der Waals surface area contributed by atoms with Crippen LogP contribution in [0.15, 0.2) is 77.7 Å². The number of anilines is 1. The molecule has 196 valence electrons. The lowest BCUT2D eigenvalue weighted by Crippen LogP contribution is -2.50. The first-order chi connectivity index (χ1) is 17.6. The summed E-state index contributed by atoms with van der Waals surface area (Å²) in [5.74, 6) is -0.940. The highest BCUT2D eigenvalue weighted by Crippen LogP contribution is 2.26. The van der Waals surface area contributed by atoms with Crippen molar-refractivity contribution < 1.29 is 27.1 Å². The number of hydrogen-bond acceptors (Lipinski definition) is 5. The summed E-state index contributed by atoms with van der Waals surface area (Å²) in [6, 6.07) is 17.2. The molecule has 1 N–H and O–H groups in total. The van der Waals surface area contributed by atoms with E-state index in [-0.39, 0.29) is 17.1 Å². The van der Waals surface area contributed by atoms with Crippen LogP contribution < -0.4 is 14.4 Å².